The van der Waals surface area contributed by atoms with Crippen molar-refractivity contribution in [2.24, 2.45) is 4.36 Å². The van der Waals surface area contributed by atoms with Crippen LogP contribution in [0.1, 0.15) is 37.7 Å². The Hall–Kier alpha value is -4.33. The Kier molecular flexibility index (Phi) is 10.8. The van der Waals surface area contributed by atoms with Gasteiger partial charge in [-0.1, -0.05) is 6.42 Å². The highest BCUT2D eigenvalue weighted by Gasteiger charge is 2.17. The molecule has 2 amide bonds. The average Bonchev–Trinajstić information content (AvgIpc) is 2.94. The number of nitrogens with one attached hydrogen (secondary N) is 2. The molecule has 0 radical (unpaired) electrons. The monoisotopic (exact) mass is 617 g/mol. The molecule has 0 saturated heterocycles. The van der Waals surface area contributed by atoms with E-state index in [1.54, 1.807) is 12.1 Å². The molecule has 1 aromatic carbocycles. The van der Waals surface area contributed by atoms with E-state index >= 15 is 0 Å². The van der Waals surface area contributed by atoms with Gasteiger partial charge in [-0.2, -0.15) is 4.98 Å². The highest BCUT2D eigenvalue weighted by molar-refractivity contribution is 7.92. The number of esters is 1. The number of rotatable bonds is 8. The molecule has 2 aromatic heterocycles. The third-order valence-corrected chi connectivity index (χ3v) is 7.70. The number of amides is 2. The van der Waals surface area contributed by atoms with E-state index in [0.29, 0.717) is 49.8 Å². The fraction of sp³-hybridized carbons (Fsp3) is 0.379. The number of urea groups is 1. The smallest absolute Gasteiger partial charge is 0.349 e. The van der Waals surface area contributed by atoms with Crippen molar-refractivity contribution in [1.82, 2.24) is 15.3 Å². The second-order valence-corrected chi connectivity index (χ2v) is 12.3. The van der Waals surface area contributed by atoms with E-state index < -0.39 is 27.4 Å². The number of anilines is 2. The van der Waals surface area contributed by atoms with Crippen LogP contribution >= 0.6 is 0 Å². The van der Waals surface area contributed by atoms with Gasteiger partial charge in [0.15, 0.2) is 0 Å². The lowest BCUT2D eigenvalue weighted by Gasteiger charge is -2.16. The first kappa shape index (κ1) is 31.6. The van der Waals surface area contributed by atoms with Gasteiger partial charge in [-0.15, -0.1) is 4.36 Å². The number of benzene rings is 1. The van der Waals surface area contributed by atoms with Crippen molar-refractivity contribution >= 4 is 33.4 Å². The summed E-state index contributed by atoms with van der Waals surface area (Å²) in [4.78, 5) is 32.0. The normalized spacial score (nSPS) is 14.0. The number of hydrogen-bond donors (Lipinski definition) is 2. The predicted molar refractivity (Wildman–Crippen MR) is 157 cm³/mol. The van der Waals surface area contributed by atoms with Gasteiger partial charge >= 0.3 is 12.0 Å². The number of hydrogen-bond acceptors (Lipinski definition) is 9. The lowest BCUT2D eigenvalue weighted by atomic mass is 10.0. The zero-order chi connectivity index (χ0) is 30.8. The third-order valence-electron chi connectivity index (χ3n) is 6.28. The molecule has 3 aromatic rings. The van der Waals surface area contributed by atoms with Crippen LogP contribution in [-0.2, 0) is 25.0 Å². The number of aromatic nitrogens is 2. The van der Waals surface area contributed by atoms with Crippen LogP contribution in [0.4, 0.5) is 25.2 Å². The number of fused-ring (bicyclic) bond motifs is 6. The fourth-order valence-electron chi connectivity index (χ4n) is 4.30. The van der Waals surface area contributed by atoms with E-state index in [-0.39, 0.29) is 53.8 Å². The van der Waals surface area contributed by atoms with Gasteiger partial charge in [-0.3, -0.25) is 4.79 Å². The number of carbonyl (C=O) groups is 2. The summed E-state index contributed by atoms with van der Waals surface area (Å²) < 4.78 is 62.1. The first-order valence-corrected chi connectivity index (χ1v) is 15.7. The molecule has 4 bridgehead atoms. The van der Waals surface area contributed by atoms with E-state index in [1.807, 2.05) is 0 Å². The number of methoxy groups -OCH3 is 1. The number of unbranched alkanes of at least 4 members (excludes halogenated alkanes) is 2. The standard InChI is InChI=1S/C29H33F2N5O6S/c1-40-28(37)7-4-3-5-10-32-29(38)36-43(2,39)18-19-13-26-34-25-16-22(23(31)17-33-25)21-9-8-20(30)15-24(21)41-11-6-12-42-27(14-19)35-26/h8-9,13-17H,3-7,10-12,18H2,1-2H3,(H,32,38)(H,33,34,35). The molecule has 11 nitrogen and oxygen atoms in total. The highest BCUT2D eigenvalue weighted by Crippen LogP contribution is 2.34. The van der Waals surface area contributed by atoms with Crippen molar-refractivity contribution in [2.45, 2.75) is 37.9 Å². The molecule has 14 heteroatoms. The van der Waals surface area contributed by atoms with Crippen molar-refractivity contribution < 1.29 is 36.8 Å². The van der Waals surface area contributed by atoms with Gasteiger partial charge in [0.1, 0.15) is 29.0 Å². The van der Waals surface area contributed by atoms with Crippen LogP contribution in [0, 0.1) is 11.6 Å². The minimum atomic E-state index is -3.00. The summed E-state index contributed by atoms with van der Waals surface area (Å²) in [6.45, 7) is 0.700. The molecule has 0 spiro atoms. The van der Waals surface area contributed by atoms with Crippen molar-refractivity contribution in [3.05, 3.63) is 59.8 Å². The van der Waals surface area contributed by atoms with Gasteiger partial charge in [0.05, 0.1) is 42.0 Å². The fourth-order valence-corrected chi connectivity index (χ4v) is 5.56. The van der Waals surface area contributed by atoms with Crippen LogP contribution < -0.4 is 20.1 Å². The summed E-state index contributed by atoms with van der Waals surface area (Å²) in [6.07, 6.45) is 5.14. The summed E-state index contributed by atoms with van der Waals surface area (Å²) in [5.41, 5.74) is 1.05. The zero-order valence-electron chi connectivity index (χ0n) is 23.9. The largest absolute Gasteiger partial charge is 0.493 e. The molecule has 0 fully saturated rings. The number of pyridine rings is 2. The van der Waals surface area contributed by atoms with E-state index in [4.69, 9.17) is 9.47 Å². The van der Waals surface area contributed by atoms with Crippen LogP contribution in [0.2, 0.25) is 0 Å². The van der Waals surface area contributed by atoms with Gasteiger partial charge in [-0.25, -0.2) is 22.8 Å². The Morgan fingerprint density at radius 1 is 1.07 bits per heavy atom. The van der Waals surface area contributed by atoms with E-state index in [1.165, 1.54) is 37.6 Å². The molecule has 1 aliphatic rings. The summed E-state index contributed by atoms with van der Waals surface area (Å²) in [7, 11) is -1.66. The second-order valence-electron chi connectivity index (χ2n) is 9.88. The molecule has 230 valence electrons. The first-order chi connectivity index (χ1) is 20.6. The van der Waals surface area contributed by atoms with Crippen LogP contribution in [0.15, 0.2) is 47.0 Å². The maximum absolute atomic E-state index is 14.8. The molecule has 1 aliphatic heterocycles. The maximum atomic E-state index is 14.8. The van der Waals surface area contributed by atoms with Crippen LogP contribution in [-0.4, -0.2) is 59.3 Å². The summed E-state index contributed by atoms with van der Waals surface area (Å²) in [6, 6.07) is 7.84. The Balaban J connectivity index is 1.50. The van der Waals surface area contributed by atoms with Gasteiger partial charge in [0.25, 0.3) is 0 Å². The molecule has 3 heterocycles. The SMILES string of the molecule is COC(=O)CCCCCNC(=O)N=S(C)(=O)Cc1cc2nc(c1)OCCCOc1cc(F)ccc1-c1cc(ncc1F)N2. The molecule has 43 heavy (non-hydrogen) atoms. The average molecular weight is 618 g/mol. The van der Waals surface area contributed by atoms with Gasteiger partial charge in [0, 0.05) is 48.9 Å². The molecule has 0 aliphatic carbocycles. The third kappa shape index (κ3) is 9.60. The summed E-state index contributed by atoms with van der Waals surface area (Å²) in [5.74, 6) is -0.542. The molecule has 1 unspecified atom stereocenters. The van der Waals surface area contributed by atoms with Gasteiger partial charge < -0.3 is 24.8 Å². The minimum Gasteiger partial charge on any atom is -0.493 e. The number of halogens is 2. The van der Waals surface area contributed by atoms with E-state index in [0.717, 1.165) is 6.20 Å². The zero-order valence-corrected chi connectivity index (χ0v) is 24.7. The van der Waals surface area contributed by atoms with Crippen molar-refractivity contribution in [3.63, 3.8) is 0 Å². The number of carbonyl (C=O) groups excluding carboxylic acids is 2. The predicted octanol–water partition coefficient (Wildman–Crippen LogP) is 5.37. The molecule has 4 rings (SSSR count). The molecule has 1 atom stereocenters. The lowest BCUT2D eigenvalue weighted by Crippen LogP contribution is -2.22. The van der Waals surface area contributed by atoms with Crippen LogP contribution in [0.25, 0.3) is 11.1 Å². The Labute approximate surface area is 248 Å². The number of nitrogens with zero attached hydrogens (tertiary/aromatic N) is 3. The van der Waals surface area contributed by atoms with E-state index in [2.05, 4.69) is 29.7 Å². The number of ether oxygens (including phenoxy) is 3. The van der Waals surface area contributed by atoms with E-state index in [9.17, 15) is 22.6 Å². The Bertz CT molecular complexity index is 1600. The molecule has 0 saturated carbocycles. The summed E-state index contributed by atoms with van der Waals surface area (Å²) in [5, 5.41) is 5.64. The van der Waals surface area contributed by atoms with Crippen molar-refractivity contribution in [2.75, 3.05) is 38.4 Å². The molecular weight excluding hydrogens is 584 g/mol. The van der Waals surface area contributed by atoms with Crippen molar-refractivity contribution in [3.8, 4) is 22.8 Å². The van der Waals surface area contributed by atoms with Gasteiger partial charge in [0.2, 0.25) is 5.88 Å². The summed E-state index contributed by atoms with van der Waals surface area (Å²) >= 11 is 0. The minimum absolute atomic E-state index is 0.0722. The van der Waals surface area contributed by atoms with Crippen molar-refractivity contribution in [1.29, 1.82) is 0 Å². The maximum Gasteiger partial charge on any atom is 0.349 e. The molecular formula is C29H33F2N5O6S. The topological polar surface area (TPSA) is 141 Å². The molecule has 2 N–H and O–H groups in total. The Morgan fingerprint density at radius 3 is 2.70 bits per heavy atom. The highest BCUT2D eigenvalue weighted by atomic mass is 32.2. The lowest BCUT2D eigenvalue weighted by molar-refractivity contribution is -0.140. The second kappa shape index (κ2) is 14.7. The van der Waals surface area contributed by atoms with Crippen LogP contribution in [0.3, 0.4) is 0 Å². The van der Waals surface area contributed by atoms with Crippen LogP contribution in [0.5, 0.6) is 11.6 Å². The Morgan fingerprint density at radius 2 is 1.88 bits per heavy atom. The first-order valence-electron chi connectivity index (χ1n) is 13.7. The van der Waals surface area contributed by atoms with Gasteiger partial charge in [-0.05, 0) is 42.7 Å². The quantitative estimate of drug-likeness (QED) is 0.252.